The molecule has 10 aromatic carbocycles. The van der Waals surface area contributed by atoms with Crippen molar-refractivity contribution in [2.75, 3.05) is 0 Å². The Morgan fingerprint density at radius 1 is 0.292 bits per heavy atom. The van der Waals surface area contributed by atoms with Crippen LogP contribution in [0.4, 0.5) is 17.6 Å². The summed E-state index contributed by atoms with van der Waals surface area (Å²) in [5.41, 5.74) is 6.58. The molecule has 3 aromatic heterocycles. The molecule has 0 saturated carbocycles. The summed E-state index contributed by atoms with van der Waals surface area (Å²) in [5, 5.41) is 10.4. The smallest absolute Gasteiger partial charge is 0.164 e. The predicted octanol–water partition coefficient (Wildman–Crippen LogP) is 16.6. The number of H-pyrrole nitrogens is 2. The van der Waals surface area contributed by atoms with Crippen LogP contribution in [0.1, 0.15) is 0 Å². The first-order valence-corrected chi connectivity index (χ1v) is 23.4. The monoisotopic (exact) mass is 936 g/mol. The Labute approximate surface area is 405 Å². The van der Waals surface area contributed by atoms with Crippen LogP contribution in [0.2, 0.25) is 0 Å². The van der Waals surface area contributed by atoms with E-state index in [-0.39, 0.29) is 11.1 Å². The van der Waals surface area contributed by atoms with Gasteiger partial charge in [-0.05, 0) is 127 Å². The van der Waals surface area contributed by atoms with Crippen LogP contribution in [0.15, 0.2) is 182 Å². The fourth-order valence-electron chi connectivity index (χ4n) is 11.0. The molecule has 338 valence electrons. The molecule has 0 unspecified atom stereocenters. The first-order chi connectivity index (χ1) is 35.2. The summed E-state index contributed by atoms with van der Waals surface area (Å²) in [7, 11) is 0. The molecule has 0 atom stereocenters. The van der Waals surface area contributed by atoms with E-state index < -0.39 is 23.3 Å². The summed E-state index contributed by atoms with van der Waals surface area (Å²) in [6, 6.07) is 55.2. The molecule has 10 heteroatoms. The topological polar surface area (TPSA) is 83.1 Å². The zero-order valence-corrected chi connectivity index (χ0v) is 37.6. The van der Waals surface area contributed by atoms with Gasteiger partial charge in [-0.15, -0.1) is 0 Å². The van der Waals surface area contributed by atoms with Crippen LogP contribution in [0.25, 0.3) is 155 Å². The number of nitrogens with one attached hydrogen (secondary N) is 2. The van der Waals surface area contributed by atoms with E-state index in [1.54, 1.807) is 0 Å². The van der Waals surface area contributed by atoms with E-state index in [0.29, 0.717) is 78.4 Å². The molecule has 0 saturated heterocycles. The molecular formula is C62H32F4N6. The molecule has 2 N–H and O–H groups in total. The third kappa shape index (κ3) is 6.15. The Morgan fingerprint density at radius 3 is 0.944 bits per heavy atom. The van der Waals surface area contributed by atoms with Gasteiger partial charge in [0, 0.05) is 67.1 Å². The number of halogens is 4. The minimum absolute atomic E-state index is 0.206. The Balaban J connectivity index is 1.25. The van der Waals surface area contributed by atoms with Gasteiger partial charge in [0.15, 0.2) is 11.6 Å². The van der Waals surface area contributed by atoms with E-state index in [0.717, 1.165) is 77.1 Å². The van der Waals surface area contributed by atoms with Crippen LogP contribution < -0.4 is 0 Å². The molecule has 0 fully saturated rings. The average Bonchev–Trinajstić information content (AvgIpc) is 4.11. The molecule has 13 aromatic rings. The molecule has 5 heterocycles. The molecule has 2 aliphatic rings. The van der Waals surface area contributed by atoms with E-state index in [4.69, 9.17) is 19.9 Å². The summed E-state index contributed by atoms with van der Waals surface area (Å²) in [4.78, 5) is 28.9. The lowest BCUT2D eigenvalue weighted by Crippen LogP contribution is -1.90. The summed E-state index contributed by atoms with van der Waals surface area (Å²) in [5.74, 6) is -2.33. The van der Waals surface area contributed by atoms with Crippen LogP contribution in [0, 0.1) is 23.3 Å². The number of rotatable bonds is 2. The van der Waals surface area contributed by atoms with E-state index in [2.05, 4.69) is 46.4 Å². The Hall–Kier alpha value is -9.54. The first-order valence-electron chi connectivity index (χ1n) is 23.4. The second kappa shape index (κ2) is 15.0. The zero-order valence-electron chi connectivity index (χ0n) is 37.6. The summed E-state index contributed by atoms with van der Waals surface area (Å²) < 4.78 is 63.6. The lowest BCUT2D eigenvalue weighted by atomic mass is 9.91. The van der Waals surface area contributed by atoms with Crippen molar-refractivity contribution in [1.82, 2.24) is 29.9 Å². The Bertz CT molecular complexity index is 4430. The highest BCUT2D eigenvalue weighted by atomic mass is 19.1. The zero-order chi connectivity index (χ0) is 47.9. The number of aromatic nitrogens is 6. The average molecular weight is 937 g/mol. The maximum Gasteiger partial charge on any atom is 0.164 e. The van der Waals surface area contributed by atoms with Crippen LogP contribution in [0.5, 0.6) is 0 Å². The van der Waals surface area contributed by atoms with Crippen LogP contribution in [-0.2, 0) is 0 Å². The lowest BCUT2D eigenvalue weighted by molar-refractivity contribution is 0.583. The maximum absolute atomic E-state index is 15.9. The van der Waals surface area contributed by atoms with Gasteiger partial charge in [-0.2, -0.15) is 0 Å². The highest BCUT2D eigenvalue weighted by Gasteiger charge is 2.29. The van der Waals surface area contributed by atoms with Gasteiger partial charge in [-0.3, -0.25) is 0 Å². The molecule has 0 radical (unpaired) electrons. The summed E-state index contributed by atoms with van der Waals surface area (Å²) in [6.07, 6.45) is 0. The number of aromatic amines is 2. The van der Waals surface area contributed by atoms with Gasteiger partial charge in [0.2, 0.25) is 0 Å². The molecule has 2 aliphatic heterocycles. The largest absolute Gasteiger partial charge is 0.339 e. The third-order valence-electron chi connectivity index (χ3n) is 14.2. The highest BCUT2D eigenvalue weighted by Crippen LogP contribution is 2.50. The van der Waals surface area contributed by atoms with Gasteiger partial charge in [0.25, 0.3) is 0 Å². The van der Waals surface area contributed by atoms with Gasteiger partial charge < -0.3 is 9.97 Å². The van der Waals surface area contributed by atoms with Crippen molar-refractivity contribution in [2.24, 2.45) is 0 Å². The minimum Gasteiger partial charge on any atom is -0.339 e. The first kappa shape index (κ1) is 40.4. The minimum atomic E-state index is -0.784. The van der Waals surface area contributed by atoms with Crippen molar-refractivity contribution >= 4 is 87.0 Å². The quantitative estimate of drug-likeness (QED) is 0.169. The summed E-state index contributed by atoms with van der Waals surface area (Å²) in [6.45, 7) is 0. The molecule has 6 nitrogen and oxygen atoms in total. The molecule has 0 aliphatic carbocycles. The van der Waals surface area contributed by atoms with Crippen molar-refractivity contribution in [2.45, 2.75) is 0 Å². The molecule has 8 bridgehead atoms. The van der Waals surface area contributed by atoms with E-state index in [1.807, 2.05) is 109 Å². The third-order valence-corrected chi connectivity index (χ3v) is 14.2. The Kier molecular flexibility index (Phi) is 8.40. The number of benzene rings is 10. The number of nitrogens with zero attached hydrogens (tertiary/aromatic N) is 4. The van der Waals surface area contributed by atoms with Crippen LogP contribution in [0.3, 0.4) is 0 Å². The molecule has 72 heavy (non-hydrogen) atoms. The van der Waals surface area contributed by atoms with Crippen LogP contribution in [-0.4, -0.2) is 29.9 Å². The van der Waals surface area contributed by atoms with E-state index in [1.165, 1.54) is 24.3 Å². The van der Waals surface area contributed by atoms with Crippen molar-refractivity contribution in [3.8, 4) is 67.5 Å². The van der Waals surface area contributed by atoms with Gasteiger partial charge in [-0.25, -0.2) is 37.5 Å². The molecular weight excluding hydrogens is 905 g/mol. The number of fused-ring (bicyclic) bond motifs is 24. The highest BCUT2D eigenvalue weighted by molar-refractivity contribution is 6.20. The summed E-state index contributed by atoms with van der Waals surface area (Å²) >= 11 is 0. The molecule has 15 rings (SSSR count). The maximum atomic E-state index is 15.9. The standard InChI is InChI=1S/C62H32F4N6/c63-41-17-39(18-42(64)29-41)53-55-45-21-31-9-1-2-10-32(31)22-46(45)56(67-55)54(40-19-43(65)30-44(66)20-40)58-48-24-34-12-4-6-14-36(34)26-50(48)60(69-58)71-62-52-28-38-16-8-7-15-37(38)27-51(52)61(72-62)70-59-49-25-35-13-5-3-11-33(35)23-47(49)57(53)68-59/h1-30H,(H2,68,69,70,71,72). The van der Waals surface area contributed by atoms with Crippen LogP contribution >= 0.6 is 0 Å². The Morgan fingerprint density at radius 2 is 0.597 bits per heavy atom. The normalized spacial score (nSPS) is 12.2. The fraction of sp³-hybridized carbons (Fsp3) is 0. The van der Waals surface area contributed by atoms with E-state index >= 15 is 17.6 Å². The van der Waals surface area contributed by atoms with Crippen molar-refractivity contribution in [3.05, 3.63) is 205 Å². The molecule has 0 amide bonds. The predicted molar refractivity (Wildman–Crippen MR) is 281 cm³/mol. The molecule has 0 spiro atoms. The number of hydrogen-bond donors (Lipinski definition) is 2. The number of hydrogen-bond acceptors (Lipinski definition) is 4. The van der Waals surface area contributed by atoms with Gasteiger partial charge in [0.1, 0.15) is 34.6 Å². The van der Waals surface area contributed by atoms with E-state index in [9.17, 15) is 0 Å². The van der Waals surface area contributed by atoms with Gasteiger partial charge >= 0.3 is 0 Å². The van der Waals surface area contributed by atoms with Crippen molar-refractivity contribution in [1.29, 1.82) is 0 Å². The second-order valence-corrected chi connectivity index (χ2v) is 18.5. The lowest BCUT2D eigenvalue weighted by Gasteiger charge is -2.10. The SMILES string of the molecule is Fc1cc(F)cc(-c2c3nc(c(-c4cc(F)cc(F)c4)c4[nH]c(nc5nc(nc6[nH]c2c2cc7ccccc7cc62)-c2cc6ccccc6cc2-5)c2cc5ccccc5cc42)-c2cc4ccccc4cc2-3)c1. The van der Waals surface area contributed by atoms with Gasteiger partial charge in [-0.1, -0.05) is 97.1 Å². The van der Waals surface area contributed by atoms with Gasteiger partial charge in [0.05, 0.1) is 22.4 Å². The van der Waals surface area contributed by atoms with Crippen molar-refractivity contribution in [3.63, 3.8) is 0 Å². The van der Waals surface area contributed by atoms with Crippen molar-refractivity contribution < 1.29 is 17.6 Å². The second-order valence-electron chi connectivity index (χ2n) is 18.5. The fourth-order valence-corrected chi connectivity index (χ4v) is 11.0.